The Balaban J connectivity index is 1.26. The van der Waals surface area contributed by atoms with Crippen molar-refractivity contribution in [2.24, 2.45) is 0 Å². The normalized spacial score (nSPS) is 13.7. The van der Waals surface area contributed by atoms with Crippen molar-refractivity contribution < 1.29 is 22.4 Å². The first-order chi connectivity index (χ1) is 18.4. The summed E-state index contributed by atoms with van der Waals surface area (Å²) in [5, 5.41) is 10.9. The highest BCUT2D eigenvalue weighted by atomic mass is 32.2. The molecule has 5 rings (SSSR count). The SMILES string of the molecule is O=C(NCC(F)(F)F)C1(CCCCCSc2nnc(-c3ccccc3)o2)c2ccccc2-c2ccccc21. The van der Waals surface area contributed by atoms with Crippen molar-refractivity contribution in [2.75, 3.05) is 12.3 Å². The molecule has 1 amide bonds. The van der Waals surface area contributed by atoms with E-state index in [-0.39, 0.29) is 0 Å². The van der Waals surface area contributed by atoms with Gasteiger partial charge in [-0.15, -0.1) is 10.2 Å². The van der Waals surface area contributed by atoms with E-state index in [1.807, 2.05) is 78.9 Å². The summed E-state index contributed by atoms with van der Waals surface area (Å²) in [5.41, 5.74) is 3.00. The van der Waals surface area contributed by atoms with Gasteiger partial charge in [0.15, 0.2) is 0 Å². The van der Waals surface area contributed by atoms with Crippen molar-refractivity contribution >= 4 is 17.7 Å². The first kappa shape index (κ1) is 26.0. The zero-order chi connectivity index (χ0) is 26.6. The molecule has 1 aliphatic rings. The molecule has 9 heteroatoms. The van der Waals surface area contributed by atoms with Crippen LogP contribution in [0, 0.1) is 0 Å². The van der Waals surface area contributed by atoms with Gasteiger partial charge in [-0.25, -0.2) is 0 Å². The number of hydrogen-bond donors (Lipinski definition) is 1. The predicted molar refractivity (Wildman–Crippen MR) is 141 cm³/mol. The van der Waals surface area contributed by atoms with E-state index in [0.29, 0.717) is 24.0 Å². The molecule has 0 aliphatic heterocycles. The van der Waals surface area contributed by atoms with E-state index in [1.165, 1.54) is 11.8 Å². The van der Waals surface area contributed by atoms with E-state index in [1.54, 1.807) is 0 Å². The van der Waals surface area contributed by atoms with Crippen LogP contribution in [0.1, 0.15) is 36.8 Å². The molecule has 0 atom stereocenters. The van der Waals surface area contributed by atoms with Gasteiger partial charge in [-0.1, -0.05) is 91.3 Å². The fourth-order valence-corrected chi connectivity index (χ4v) is 5.84. The predicted octanol–water partition coefficient (Wildman–Crippen LogP) is 7.03. The number of amides is 1. The van der Waals surface area contributed by atoms with Gasteiger partial charge < -0.3 is 9.73 Å². The summed E-state index contributed by atoms with van der Waals surface area (Å²) in [7, 11) is 0. The topological polar surface area (TPSA) is 68.0 Å². The second kappa shape index (κ2) is 11.0. The molecule has 0 saturated carbocycles. The van der Waals surface area contributed by atoms with Gasteiger partial charge in [0, 0.05) is 11.3 Å². The molecule has 1 aromatic heterocycles. The lowest BCUT2D eigenvalue weighted by molar-refractivity contribution is -0.141. The number of fused-ring (bicyclic) bond motifs is 3. The Morgan fingerprint density at radius 1 is 0.842 bits per heavy atom. The smallest absolute Gasteiger partial charge is 0.405 e. The quantitative estimate of drug-likeness (QED) is 0.174. The highest BCUT2D eigenvalue weighted by molar-refractivity contribution is 7.99. The lowest BCUT2D eigenvalue weighted by atomic mass is 9.73. The molecule has 0 fully saturated rings. The van der Waals surface area contributed by atoms with Gasteiger partial charge in [0.2, 0.25) is 11.8 Å². The first-order valence-electron chi connectivity index (χ1n) is 12.4. The average Bonchev–Trinajstić information content (AvgIpc) is 3.51. The number of aromatic nitrogens is 2. The van der Waals surface area contributed by atoms with Crippen molar-refractivity contribution in [1.82, 2.24) is 15.5 Å². The fraction of sp³-hybridized carbons (Fsp3) is 0.276. The molecule has 5 nitrogen and oxygen atoms in total. The van der Waals surface area contributed by atoms with Gasteiger partial charge in [-0.2, -0.15) is 13.2 Å². The zero-order valence-electron chi connectivity index (χ0n) is 20.5. The van der Waals surface area contributed by atoms with Crippen molar-refractivity contribution in [3.8, 4) is 22.6 Å². The molecule has 196 valence electrons. The highest BCUT2D eigenvalue weighted by Crippen LogP contribution is 2.51. The van der Waals surface area contributed by atoms with Gasteiger partial charge in [0.05, 0.1) is 0 Å². The Morgan fingerprint density at radius 2 is 1.47 bits per heavy atom. The number of carbonyl (C=O) groups is 1. The van der Waals surface area contributed by atoms with Crippen LogP contribution in [0.2, 0.25) is 0 Å². The largest absolute Gasteiger partial charge is 0.411 e. The number of hydrogen-bond acceptors (Lipinski definition) is 5. The molecule has 0 radical (unpaired) electrons. The Kier molecular flexibility index (Phi) is 7.56. The number of rotatable bonds is 10. The number of nitrogens with zero attached hydrogens (tertiary/aromatic N) is 2. The maximum absolute atomic E-state index is 13.5. The van der Waals surface area contributed by atoms with Gasteiger partial charge >= 0.3 is 6.18 Å². The molecular weight excluding hydrogens is 511 g/mol. The van der Waals surface area contributed by atoms with Gasteiger partial charge in [-0.05, 0) is 47.2 Å². The van der Waals surface area contributed by atoms with Gasteiger partial charge in [0.1, 0.15) is 12.0 Å². The first-order valence-corrected chi connectivity index (χ1v) is 13.4. The van der Waals surface area contributed by atoms with Crippen LogP contribution >= 0.6 is 11.8 Å². The maximum atomic E-state index is 13.5. The summed E-state index contributed by atoms with van der Waals surface area (Å²) in [6, 6.07) is 24.6. The third-order valence-electron chi connectivity index (χ3n) is 6.75. The maximum Gasteiger partial charge on any atom is 0.405 e. The van der Waals surface area contributed by atoms with Crippen molar-refractivity contribution in [3.05, 3.63) is 90.0 Å². The third kappa shape index (κ3) is 5.34. The molecule has 38 heavy (non-hydrogen) atoms. The molecule has 3 aromatic carbocycles. The van der Waals surface area contributed by atoms with E-state index in [4.69, 9.17) is 4.42 Å². The van der Waals surface area contributed by atoms with E-state index >= 15 is 0 Å². The Labute approximate surface area is 222 Å². The average molecular weight is 538 g/mol. The van der Waals surface area contributed by atoms with Crippen LogP contribution in [0.3, 0.4) is 0 Å². The van der Waals surface area contributed by atoms with E-state index in [0.717, 1.165) is 46.4 Å². The second-order valence-corrected chi connectivity index (χ2v) is 10.2. The van der Waals surface area contributed by atoms with E-state index in [2.05, 4.69) is 15.5 Å². The molecular formula is C29H26F3N3O2S. The van der Waals surface area contributed by atoms with Crippen molar-refractivity contribution in [2.45, 2.75) is 42.5 Å². The van der Waals surface area contributed by atoms with Crippen LogP contribution in [0.4, 0.5) is 13.2 Å². The number of halogens is 3. The Bertz CT molecular complexity index is 1360. The van der Waals surface area contributed by atoms with Gasteiger partial charge in [0.25, 0.3) is 5.22 Å². The van der Waals surface area contributed by atoms with E-state index < -0.39 is 24.0 Å². The minimum Gasteiger partial charge on any atom is -0.411 e. The lowest BCUT2D eigenvalue weighted by Gasteiger charge is -2.31. The van der Waals surface area contributed by atoms with Crippen molar-refractivity contribution in [1.29, 1.82) is 0 Å². The lowest BCUT2D eigenvalue weighted by Crippen LogP contribution is -2.47. The standard InChI is InChI=1S/C29H26F3N3O2S/c30-29(31,32)19-33-26(36)28(23-15-7-5-13-21(23)22-14-6-8-16-24(22)28)17-9-2-10-18-38-27-35-34-25(37-27)20-11-3-1-4-12-20/h1,3-8,11-16H,2,9-10,17-19H2,(H,33,36). The molecule has 4 aromatic rings. The molecule has 1 heterocycles. The molecule has 0 bridgehead atoms. The van der Waals surface area contributed by atoms with Crippen LogP contribution in [0.25, 0.3) is 22.6 Å². The molecule has 1 aliphatic carbocycles. The summed E-state index contributed by atoms with van der Waals surface area (Å²) in [5.74, 6) is 0.607. The number of alkyl halides is 3. The third-order valence-corrected chi connectivity index (χ3v) is 7.65. The molecule has 1 N–H and O–H groups in total. The van der Waals surface area contributed by atoms with Gasteiger partial charge in [-0.3, -0.25) is 4.79 Å². The summed E-state index contributed by atoms with van der Waals surface area (Å²) >= 11 is 1.47. The number of nitrogens with one attached hydrogen (secondary N) is 1. The minimum atomic E-state index is -4.49. The van der Waals surface area contributed by atoms with Crippen molar-refractivity contribution in [3.63, 3.8) is 0 Å². The highest BCUT2D eigenvalue weighted by Gasteiger charge is 2.49. The number of unbranched alkanes of at least 4 members (excludes halogenated alkanes) is 2. The van der Waals surface area contributed by atoms with Crippen LogP contribution in [0.5, 0.6) is 0 Å². The summed E-state index contributed by atoms with van der Waals surface area (Å²) in [6.07, 6.45) is -1.78. The minimum absolute atomic E-state index is 0.411. The number of carbonyl (C=O) groups excluding carboxylic acids is 1. The summed E-state index contributed by atoms with van der Waals surface area (Å²) < 4.78 is 44.8. The Morgan fingerprint density at radius 3 is 2.13 bits per heavy atom. The molecule has 0 saturated heterocycles. The van der Waals surface area contributed by atoms with Crippen LogP contribution in [-0.2, 0) is 10.2 Å². The fourth-order valence-electron chi connectivity index (χ4n) is 5.08. The van der Waals surface area contributed by atoms with E-state index in [9.17, 15) is 18.0 Å². The van der Waals surface area contributed by atoms with Crippen LogP contribution < -0.4 is 5.32 Å². The number of benzene rings is 3. The second-order valence-electron chi connectivity index (χ2n) is 9.19. The summed E-state index contributed by atoms with van der Waals surface area (Å²) in [6.45, 7) is -1.36. The molecule has 0 spiro atoms. The monoisotopic (exact) mass is 537 g/mol. The zero-order valence-corrected chi connectivity index (χ0v) is 21.3. The van der Waals surface area contributed by atoms with Crippen LogP contribution in [0.15, 0.2) is 88.5 Å². The number of thioether (sulfide) groups is 1. The molecule has 0 unspecified atom stereocenters. The summed E-state index contributed by atoms with van der Waals surface area (Å²) in [4.78, 5) is 13.5. The Hall–Kier alpha value is -3.59. The van der Waals surface area contributed by atoms with Crippen LogP contribution in [-0.4, -0.2) is 34.6 Å².